The van der Waals surface area contributed by atoms with Crippen molar-refractivity contribution in [1.82, 2.24) is 4.90 Å². The third-order valence-corrected chi connectivity index (χ3v) is 2.94. The zero-order valence-corrected chi connectivity index (χ0v) is 11.3. The number of hydrogen-bond acceptors (Lipinski definition) is 3. The predicted octanol–water partition coefficient (Wildman–Crippen LogP) is 3.56. The van der Waals surface area contributed by atoms with Gasteiger partial charge in [-0.1, -0.05) is 0 Å². The minimum absolute atomic E-state index is 0.0995. The Balaban J connectivity index is 2.08. The van der Waals surface area contributed by atoms with Crippen LogP contribution in [-0.4, -0.2) is 17.9 Å². The van der Waals surface area contributed by atoms with E-state index in [-0.39, 0.29) is 11.1 Å². The highest BCUT2D eigenvalue weighted by Crippen LogP contribution is 2.20. The van der Waals surface area contributed by atoms with Gasteiger partial charge in [0.25, 0.3) is 5.91 Å². The Hall–Kier alpha value is -1.20. The van der Waals surface area contributed by atoms with E-state index in [1.54, 1.807) is 25.2 Å². The van der Waals surface area contributed by atoms with Crippen LogP contribution in [0.25, 0.3) is 0 Å². The molecule has 0 bridgehead atoms. The van der Waals surface area contributed by atoms with Crippen molar-refractivity contribution >= 4 is 33.4 Å². The third-order valence-electron chi connectivity index (χ3n) is 2.22. The van der Waals surface area contributed by atoms with Gasteiger partial charge in [0.1, 0.15) is 5.76 Å². The predicted molar refractivity (Wildman–Crippen MR) is 65.9 cm³/mol. The molecule has 1 amide bonds. The van der Waals surface area contributed by atoms with Gasteiger partial charge in [0.05, 0.1) is 18.4 Å². The van der Waals surface area contributed by atoms with Crippen LogP contribution in [0.15, 0.2) is 38.0 Å². The van der Waals surface area contributed by atoms with Gasteiger partial charge in [-0.25, -0.2) is 0 Å². The van der Waals surface area contributed by atoms with E-state index in [2.05, 4.69) is 15.9 Å². The van der Waals surface area contributed by atoms with Crippen molar-refractivity contribution in [2.24, 2.45) is 0 Å². The van der Waals surface area contributed by atoms with Crippen molar-refractivity contribution in [2.75, 3.05) is 7.05 Å². The average Bonchev–Trinajstić information content (AvgIpc) is 2.86. The molecule has 2 aromatic rings. The summed E-state index contributed by atoms with van der Waals surface area (Å²) in [4.78, 5) is 13.5. The summed E-state index contributed by atoms with van der Waals surface area (Å²) in [5, 5.41) is 0.0995. The molecule has 0 aliphatic carbocycles. The van der Waals surface area contributed by atoms with E-state index < -0.39 is 0 Å². The number of carbonyl (C=O) groups is 1. The maximum absolute atomic E-state index is 12.0. The summed E-state index contributed by atoms with van der Waals surface area (Å²) in [7, 11) is 1.67. The summed E-state index contributed by atoms with van der Waals surface area (Å²) in [5.74, 6) is 0.476. The van der Waals surface area contributed by atoms with Gasteiger partial charge in [-0.2, -0.15) is 0 Å². The molecule has 0 aromatic carbocycles. The molecular weight excluding hydrogens is 309 g/mol. The Morgan fingerprint density at radius 1 is 1.47 bits per heavy atom. The monoisotopic (exact) mass is 317 g/mol. The molecule has 2 aromatic heterocycles. The Morgan fingerprint density at radius 2 is 2.24 bits per heavy atom. The van der Waals surface area contributed by atoms with E-state index >= 15 is 0 Å². The van der Waals surface area contributed by atoms with Gasteiger partial charge >= 0.3 is 0 Å². The summed E-state index contributed by atoms with van der Waals surface area (Å²) >= 11 is 8.94. The van der Waals surface area contributed by atoms with Gasteiger partial charge in [-0.05, 0) is 45.7 Å². The number of amides is 1. The van der Waals surface area contributed by atoms with E-state index in [4.69, 9.17) is 20.4 Å². The number of carbonyl (C=O) groups excluding carboxylic acids is 1. The van der Waals surface area contributed by atoms with Crippen LogP contribution in [0.2, 0.25) is 5.22 Å². The number of halogens is 2. The first-order valence-electron chi connectivity index (χ1n) is 4.80. The van der Waals surface area contributed by atoms with Gasteiger partial charge in [-0.15, -0.1) is 0 Å². The largest absolute Gasteiger partial charge is 0.452 e. The van der Waals surface area contributed by atoms with Crippen LogP contribution in [0.1, 0.15) is 16.1 Å². The quantitative estimate of drug-likeness (QED) is 0.869. The lowest BCUT2D eigenvalue weighted by atomic mass is 10.3. The zero-order chi connectivity index (χ0) is 12.4. The summed E-state index contributed by atoms with van der Waals surface area (Å²) in [6, 6.07) is 5.11. The van der Waals surface area contributed by atoms with Crippen molar-refractivity contribution in [3.8, 4) is 0 Å². The maximum atomic E-state index is 12.0. The second kappa shape index (κ2) is 4.98. The molecule has 2 rings (SSSR count). The van der Waals surface area contributed by atoms with E-state index in [0.29, 0.717) is 22.5 Å². The fourth-order valence-electron chi connectivity index (χ4n) is 1.39. The van der Waals surface area contributed by atoms with Crippen molar-refractivity contribution in [1.29, 1.82) is 0 Å². The van der Waals surface area contributed by atoms with E-state index in [0.717, 1.165) is 0 Å². The average molecular weight is 319 g/mol. The van der Waals surface area contributed by atoms with Crippen LogP contribution >= 0.6 is 27.5 Å². The molecule has 0 fully saturated rings. The first-order valence-corrected chi connectivity index (χ1v) is 5.97. The topological polar surface area (TPSA) is 46.6 Å². The molecule has 0 unspecified atom stereocenters. The standard InChI is InChI=1S/C11H9BrClNO3/c1-14(6-7-2-3-9(12)17-7)11(15)8-4-5-16-10(8)13/h2-5H,6H2,1H3. The van der Waals surface area contributed by atoms with E-state index in [1.165, 1.54) is 11.2 Å². The molecule has 17 heavy (non-hydrogen) atoms. The minimum Gasteiger partial charge on any atom is -0.452 e. The maximum Gasteiger partial charge on any atom is 0.258 e. The summed E-state index contributed by atoms with van der Waals surface area (Å²) < 4.78 is 10.8. The number of hydrogen-bond donors (Lipinski definition) is 0. The molecule has 0 atom stereocenters. The molecule has 0 aliphatic heterocycles. The second-order valence-electron chi connectivity index (χ2n) is 3.48. The van der Waals surface area contributed by atoms with Gasteiger partial charge in [0.2, 0.25) is 5.22 Å². The van der Waals surface area contributed by atoms with Gasteiger partial charge in [0.15, 0.2) is 4.67 Å². The molecule has 0 N–H and O–H groups in total. The highest BCUT2D eigenvalue weighted by atomic mass is 79.9. The Bertz CT molecular complexity index is 534. The van der Waals surface area contributed by atoms with E-state index in [9.17, 15) is 4.79 Å². The van der Waals surface area contributed by atoms with Crippen molar-refractivity contribution < 1.29 is 13.6 Å². The van der Waals surface area contributed by atoms with Crippen LogP contribution < -0.4 is 0 Å². The molecule has 0 aliphatic rings. The normalized spacial score (nSPS) is 10.5. The molecule has 4 nitrogen and oxygen atoms in total. The Morgan fingerprint density at radius 3 is 2.76 bits per heavy atom. The first kappa shape index (κ1) is 12.3. The van der Waals surface area contributed by atoms with Crippen LogP contribution in [0.4, 0.5) is 0 Å². The van der Waals surface area contributed by atoms with Gasteiger partial charge in [-0.3, -0.25) is 4.79 Å². The Labute approximate surface area is 111 Å². The second-order valence-corrected chi connectivity index (χ2v) is 4.60. The fourth-order valence-corrected chi connectivity index (χ4v) is 1.93. The summed E-state index contributed by atoms with van der Waals surface area (Å²) in [6.45, 7) is 0.367. The fraction of sp³-hybridized carbons (Fsp3) is 0.182. The van der Waals surface area contributed by atoms with Gasteiger partial charge < -0.3 is 13.7 Å². The summed E-state index contributed by atoms with van der Waals surface area (Å²) in [6.07, 6.45) is 1.38. The molecule has 0 saturated heterocycles. The molecule has 0 spiro atoms. The Kier molecular flexibility index (Phi) is 3.59. The SMILES string of the molecule is CN(Cc1ccc(Br)o1)C(=O)c1ccoc1Cl. The molecular formula is C11H9BrClNO3. The number of nitrogens with zero attached hydrogens (tertiary/aromatic N) is 1. The lowest BCUT2D eigenvalue weighted by Crippen LogP contribution is -2.25. The van der Waals surface area contributed by atoms with Crippen LogP contribution in [0, 0.1) is 0 Å². The lowest BCUT2D eigenvalue weighted by Gasteiger charge is -2.14. The highest BCUT2D eigenvalue weighted by Gasteiger charge is 2.18. The van der Waals surface area contributed by atoms with Gasteiger partial charge in [0, 0.05) is 7.05 Å². The molecule has 90 valence electrons. The molecule has 0 saturated carbocycles. The lowest BCUT2D eigenvalue weighted by molar-refractivity contribution is 0.0774. The van der Waals surface area contributed by atoms with Crippen molar-refractivity contribution in [3.05, 3.63) is 45.7 Å². The molecule has 0 radical (unpaired) electrons. The summed E-state index contributed by atoms with van der Waals surface area (Å²) in [5.41, 5.74) is 0.347. The molecule has 6 heteroatoms. The van der Waals surface area contributed by atoms with Crippen molar-refractivity contribution in [2.45, 2.75) is 6.54 Å². The minimum atomic E-state index is -0.212. The van der Waals surface area contributed by atoms with Crippen LogP contribution in [0.3, 0.4) is 0 Å². The van der Waals surface area contributed by atoms with Crippen LogP contribution in [0.5, 0.6) is 0 Å². The highest BCUT2D eigenvalue weighted by molar-refractivity contribution is 9.10. The molecule has 2 heterocycles. The van der Waals surface area contributed by atoms with E-state index in [1.807, 2.05) is 0 Å². The zero-order valence-electron chi connectivity index (χ0n) is 8.94. The number of furan rings is 2. The van der Waals surface area contributed by atoms with Crippen molar-refractivity contribution in [3.63, 3.8) is 0 Å². The van der Waals surface area contributed by atoms with Crippen LogP contribution in [-0.2, 0) is 6.54 Å². The smallest absolute Gasteiger partial charge is 0.258 e. The number of rotatable bonds is 3. The third kappa shape index (κ3) is 2.73. The first-order chi connectivity index (χ1) is 8.08.